The van der Waals surface area contributed by atoms with E-state index in [-0.39, 0.29) is 18.0 Å². The molecule has 27 heavy (non-hydrogen) atoms. The van der Waals surface area contributed by atoms with Gasteiger partial charge in [-0.2, -0.15) is 0 Å². The number of esters is 1. The molecule has 2 unspecified atom stereocenters. The number of ether oxygens (including phenoxy) is 3. The van der Waals surface area contributed by atoms with Gasteiger partial charge in [0, 0.05) is 17.5 Å². The van der Waals surface area contributed by atoms with Crippen LogP contribution in [0.3, 0.4) is 0 Å². The molecule has 0 radical (unpaired) electrons. The fourth-order valence-corrected chi connectivity index (χ4v) is 4.26. The molecule has 4 heteroatoms. The van der Waals surface area contributed by atoms with Crippen molar-refractivity contribution in [2.75, 3.05) is 13.7 Å². The van der Waals surface area contributed by atoms with Gasteiger partial charge in [-0.05, 0) is 41.5 Å². The minimum absolute atomic E-state index is 0.0577. The van der Waals surface area contributed by atoms with E-state index in [2.05, 4.69) is 32.0 Å². The Kier molecular flexibility index (Phi) is 4.81. The summed E-state index contributed by atoms with van der Waals surface area (Å²) in [6.45, 7) is 5.00. The molecule has 1 aliphatic carbocycles. The van der Waals surface area contributed by atoms with Crippen LogP contribution < -0.4 is 9.47 Å². The van der Waals surface area contributed by atoms with E-state index >= 15 is 0 Å². The summed E-state index contributed by atoms with van der Waals surface area (Å²) < 4.78 is 16.9. The number of carbonyl (C=O) groups excluding carboxylic acids is 1. The molecule has 0 aromatic heterocycles. The minimum Gasteiger partial charge on any atom is -0.492 e. The molecule has 0 fully saturated rings. The Morgan fingerprint density at radius 2 is 2.07 bits per heavy atom. The van der Waals surface area contributed by atoms with Crippen LogP contribution in [0.4, 0.5) is 0 Å². The summed E-state index contributed by atoms with van der Waals surface area (Å²) in [6, 6.07) is 12.5. The van der Waals surface area contributed by atoms with E-state index in [0.29, 0.717) is 18.9 Å². The molecule has 0 saturated carbocycles. The molecule has 0 saturated heterocycles. The van der Waals surface area contributed by atoms with Crippen LogP contribution in [-0.2, 0) is 16.0 Å². The normalized spacial score (nSPS) is 20.1. The Labute approximate surface area is 160 Å². The molecule has 1 aliphatic heterocycles. The maximum atomic E-state index is 11.6. The highest BCUT2D eigenvalue weighted by atomic mass is 16.5. The van der Waals surface area contributed by atoms with Crippen molar-refractivity contribution in [1.82, 2.24) is 0 Å². The minimum atomic E-state index is -0.208. The van der Waals surface area contributed by atoms with Crippen molar-refractivity contribution < 1.29 is 19.0 Å². The first-order valence-corrected chi connectivity index (χ1v) is 9.68. The SMILES string of the molecule is COC(=O)CC1COc2cc(OC3CCc4c(C(C)C)cccc43)ccc21. The summed E-state index contributed by atoms with van der Waals surface area (Å²) in [5, 5.41) is 0. The first-order chi connectivity index (χ1) is 13.1. The predicted octanol–water partition coefficient (Wildman–Crippen LogP) is 4.92. The van der Waals surface area contributed by atoms with Crippen LogP contribution in [0, 0.1) is 0 Å². The van der Waals surface area contributed by atoms with E-state index < -0.39 is 0 Å². The van der Waals surface area contributed by atoms with Crippen molar-refractivity contribution in [1.29, 1.82) is 0 Å². The third-order valence-electron chi connectivity index (χ3n) is 5.66. The van der Waals surface area contributed by atoms with Crippen LogP contribution in [0.15, 0.2) is 36.4 Å². The highest BCUT2D eigenvalue weighted by molar-refractivity contribution is 5.71. The summed E-state index contributed by atoms with van der Waals surface area (Å²) in [4.78, 5) is 11.6. The highest BCUT2D eigenvalue weighted by Crippen LogP contribution is 2.42. The van der Waals surface area contributed by atoms with Crippen LogP contribution in [-0.4, -0.2) is 19.7 Å². The third-order valence-corrected chi connectivity index (χ3v) is 5.66. The average Bonchev–Trinajstić information content (AvgIpc) is 3.25. The number of fused-ring (bicyclic) bond motifs is 2. The molecule has 0 spiro atoms. The van der Waals surface area contributed by atoms with E-state index in [1.165, 1.54) is 23.8 Å². The third kappa shape index (κ3) is 3.41. The Bertz CT molecular complexity index is 855. The maximum absolute atomic E-state index is 11.6. The van der Waals surface area contributed by atoms with Gasteiger partial charge >= 0.3 is 5.97 Å². The molecule has 4 rings (SSSR count). The fourth-order valence-electron chi connectivity index (χ4n) is 4.26. The van der Waals surface area contributed by atoms with E-state index in [4.69, 9.17) is 14.2 Å². The van der Waals surface area contributed by atoms with Gasteiger partial charge in [0.25, 0.3) is 0 Å². The van der Waals surface area contributed by atoms with E-state index in [1.54, 1.807) is 0 Å². The topological polar surface area (TPSA) is 44.8 Å². The average molecular weight is 366 g/mol. The van der Waals surface area contributed by atoms with Gasteiger partial charge in [-0.1, -0.05) is 38.1 Å². The molecule has 2 atom stereocenters. The van der Waals surface area contributed by atoms with Gasteiger partial charge in [0.05, 0.1) is 20.1 Å². The molecule has 2 aliphatic rings. The fraction of sp³-hybridized carbons (Fsp3) is 0.435. The summed E-state index contributed by atoms with van der Waals surface area (Å²) in [7, 11) is 1.42. The first kappa shape index (κ1) is 17.9. The maximum Gasteiger partial charge on any atom is 0.306 e. The summed E-state index contributed by atoms with van der Waals surface area (Å²) in [5.74, 6) is 2.01. The second-order valence-electron chi connectivity index (χ2n) is 7.70. The molecule has 0 bridgehead atoms. The van der Waals surface area contributed by atoms with Gasteiger partial charge in [0.1, 0.15) is 17.6 Å². The zero-order valence-electron chi connectivity index (χ0n) is 16.2. The summed E-state index contributed by atoms with van der Waals surface area (Å²) in [5.41, 5.74) is 5.25. The van der Waals surface area contributed by atoms with Crippen molar-refractivity contribution in [2.45, 2.75) is 51.0 Å². The van der Waals surface area contributed by atoms with Gasteiger partial charge in [-0.25, -0.2) is 0 Å². The molecular formula is C23H26O4. The zero-order chi connectivity index (χ0) is 19.0. The molecule has 4 nitrogen and oxygen atoms in total. The molecule has 2 aromatic carbocycles. The molecule has 1 heterocycles. The zero-order valence-corrected chi connectivity index (χ0v) is 16.2. The molecular weight excluding hydrogens is 340 g/mol. The Morgan fingerprint density at radius 3 is 2.85 bits per heavy atom. The van der Waals surface area contributed by atoms with Crippen LogP contribution in [0.2, 0.25) is 0 Å². The summed E-state index contributed by atoms with van der Waals surface area (Å²) in [6.07, 6.45) is 2.50. The van der Waals surface area contributed by atoms with Gasteiger partial charge in [0.15, 0.2) is 0 Å². The van der Waals surface area contributed by atoms with E-state index in [9.17, 15) is 4.79 Å². The number of hydrogen-bond donors (Lipinski definition) is 0. The van der Waals surface area contributed by atoms with E-state index in [1.807, 2.05) is 18.2 Å². The van der Waals surface area contributed by atoms with Gasteiger partial charge in [0.2, 0.25) is 0 Å². The van der Waals surface area contributed by atoms with Crippen molar-refractivity contribution in [3.63, 3.8) is 0 Å². The summed E-state index contributed by atoms with van der Waals surface area (Å²) >= 11 is 0. The number of benzene rings is 2. The second kappa shape index (κ2) is 7.26. The number of hydrogen-bond acceptors (Lipinski definition) is 4. The lowest BCUT2D eigenvalue weighted by Crippen LogP contribution is -2.09. The molecule has 142 valence electrons. The quantitative estimate of drug-likeness (QED) is 0.705. The van der Waals surface area contributed by atoms with Crippen LogP contribution in [0.1, 0.15) is 66.9 Å². The van der Waals surface area contributed by atoms with Crippen LogP contribution in [0.5, 0.6) is 11.5 Å². The largest absolute Gasteiger partial charge is 0.492 e. The Balaban J connectivity index is 1.52. The van der Waals surface area contributed by atoms with Gasteiger partial charge in [-0.3, -0.25) is 4.79 Å². The van der Waals surface area contributed by atoms with Crippen LogP contribution in [0.25, 0.3) is 0 Å². The Hall–Kier alpha value is -2.49. The predicted molar refractivity (Wildman–Crippen MR) is 104 cm³/mol. The monoisotopic (exact) mass is 366 g/mol. The van der Waals surface area contributed by atoms with Gasteiger partial charge in [-0.15, -0.1) is 0 Å². The Morgan fingerprint density at radius 1 is 1.22 bits per heavy atom. The van der Waals surface area contributed by atoms with Gasteiger partial charge < -0.3 is 14.2 Å². The first-order valence-electron chi connectivity index (χ1n) is 9.68. The lowest BCUT2D eigenvalue weighted by Gasteiger charge is -2.17. The number of rotatable bonds is 5. The van der Waals surface area contributed by atoms with Crippen molar-refractivity contribution in [2.24, 2.45) is 0 Å². The standard InChI is InChI=1S/C23H26O4/c1-14(2)17-5-4-6-20-19(17)9-10-21(20)27-16-7-8-18-15(11-23(24)25-3)13-26-22(18)12-16/h4-8,12,14-15,21H,9-11,13H2,1-3H3. The number of carbonyl (C=O) groups is 1. The number of methoxy groups -OCH3 is 1. The van der Waals surface area contributed by atoms with Crippen LogP contribution >= 0.6 is 0 Å². The molecule has 0 N–H and O–H groups in total. The van der Waals surface area contributed by atoms with Crippen molar-refractivity contribution in [3.8, 4) is 11.5 Å². The lowest BCUT2D eigenvalue weighted by molar-refractivity contribution is -0.141. The van der Waals surface area contributed by atoms with Crippen molar-refractivity contribution in [3.05, 3.63) is 58.7 Å². The molecule has 2 aromatic rings. The van der Waals surface area contributed by atoms with E-state index in [0.717, 1.165) is 29.9 Å². The smallest absolute Gasteiger partial charge is 0.306 e. The van der Waals surface area contributed by atoms with Crippen molar-refractivity contribution >= 4 is 5.97 Å². The second-order valence-corrected chi connectivity index (χ2v) is 7.70. The highest BCUT2D eigenvalue weighted by Gasteiger charge is 2.29. The lowest BCUT2D eigenvalue weighted by atomic mass is 9.94. The molecule has 0 amide bonds.